The third kappa shape index (κ3) is 3.01. The molecule has 100 valence electrons. The molecule has 0 aromatic heterocycles. The van der Waals surface area contributed by atoms with Crippen molar-refractivity contribution in [3.8, 4) is 0 Å². The van der Waals surface area contributed by atoms with Gasteiger partial charge in [-0.3, -0.25) is 9.69 Å². The fourth-order valence-corrected chi connectivity index (χ4v) is 2.83. The van der Waals surface area contributed by atoms with Gasteiger partial charge >= 0.3 is 5.97 Å². The molecule has 17 heavy (non-hydrogen) atoms. The van der Waals surface area contributed by atoms with Crippen LogP contribution in [0.4, 0.5) is 0 Å². The maximum absolute atomic E-state index is 11.5. The second kappa shape index (κ2) is 5.85. The minimum atomic E-state index is -0.610. The predicted molar refractivity (Wildman–Crippen MR) is 70.1 cm³/mol. The van der Waals surface area contributed by atoms with E-state index >= 15 is 0 Å². The molecule has 0 radical (unpaired) electrons. The lowest BCUT2D eigenvalue weighted by Crippen LogP contribution is -2.51. The number of piperidine rings is 1. The second-order valence-corrected chi connectivity index (χ2v) is 5.64. The maximum Gasteiger partial charge on any atom is 0.310 e. The van der Waals surface area contributed by atoms with Crippen LogP contribution in [0.15, 0.2) is 0 Å². The molecule has 1 aliphatic rings. The Kier molecular flexibility index (Phi) is 4.99. The van der Waals surface area contributed by atoms with Gasteiger partial charge in [-0.05, 0) is 38.6 Å². The summed E-state index contributed by atoms with van der Waals surface area (Å²) >= 11 is 0. The number of hydrogen-bond acceptors (Lipinski definition) is 2. The van der Waals surface area contributed by atoms with E-state index in [1.165, 1.54) is 0 Å². The zero-order valence-electron chi connectivity index (χ0n) is 11.7. The quantitative estimate of drug-likeness (QED) is 0.804. The molecule has 1 N–H and O–H groups in total. The summed E-state index contributed by atoms with van der Waals surface area (Å²) < 4.78 is 0. The Bertz CT molecular complexity index is 267. The number of carbonyl (C=O) groups is 1. The zero-order chi connectivity index (χ0) is 13.1. The van der Waals surface area contributed by atoms with Crippen LogP contribution >= 0.6 is 0 Å². The second-order valence-electron chi connectivity index (χ2n) is 5.64. The van der Waals surface area contributed by atoms with Crippen molar-refractivity contribution in [3.05, 3.63) is 0 Å². The summed E-state index contributed by atoms with van der Waals surface area (Å²) in [6.45, 7) is 10.5. The lowest BCUT2D eigenvalue weighted by atomic mass is 9.77. The van der Waals surface area contributed by atoms with Crippen molar-refractivity contribution in [2.75, 3.05) is 13.1 Å². The number of hydrogen-bond donors (Lipinski definition) is 1. The number of carboxylic acids is 1. The molecule has 0 spiro atoms. The smallest absolute Gasteiger partial charge is 0.310 e. The zero-order valence-corrected chi connectivity index (χ0v) is 11.7. The van der Waals surface area contributed by atoms with Gasteiger partial charge in [0.15, 0.2) is 0 Å². The lowest BCUT2D eigenvalue weighted by molar-refractivity contribution is -0.153. The Morgan fingerprint density at radius 3 is 2.53 bits per heavy atom. The number of aliphatic carboxylic acids is 1. The van der Waals surface area contributed by atoms with Crippen molar-refractivity contribution in [2.24, 2.45) is 11.3 Å². The van der Waals surface area contributed by atoms with Crippen LogP contribution in [0.5, 0.6) is 0 Å². The molecule has 3 atom stereocenters. The highest BCUT2D eigenvalue weighted by Gasteiger charge is 2.42. The first-order chi connectivity index (χ1) is 7.96. The topological polar surface area (TPSA) is 40.5 Å². The van der Waals surface area contributed by atoms with Gasteiger partial charge in [-0.2, -0.15) is 0 Å². The highest BCUT2D eigenvalue weighted by atomic mass is 16.4. The van der Waals surface area contributed by atoms with Gasteiger partial charge in [0.25, 0.3) is 0 Å². The van der Waals surface area contributed by atoms with Crippen molar-refractivity contribution >= 4 is 5.97 Å². The molecule has 1 heterocycles. The highest BCUT2D eigenvalue weighted by molar-refractivity contribution is 5.75. The van der Waals surface area contributed by atoms with Gasteiger partial charge in [-0.15, -0.1) is 0 Å². The normalized spacial score (nSPS) is 29.9. The van der Waals surface area contributed by atoms with Crippen LogP contribution in [0.3, 0.4) is 0 Å². The molecular formula is C14H27NO2. The van der Waals surface area contributed by atoms with Gasteiger partial charge in [0, 0.05) is 12.6 Å². The van der Waals surface area contributed by atoms with Crippen LogP contribution in [0.1, 0.15) is 53.4 Å². The molecule has 0 aromatic rings. The molecular weight excluding hydrogens is 214 g/mol. The molecule has 1 saturated heterocycles. The van der Waals surface area contributed by atoms with Crippen LogP contribution in [-0.2, 0) is 4.79 Å². The van der Waals surface area contributed by atoms with Gasteiger partial charge < -0.3 is 5.11 Å². The minimum Gasteiger partial charge on any atom is -0.481 e. The van der Waals surface area contributed by atoms with Gasteiger partial charge in [0.2, 0.25) is 0 Å². The Labute approximate surface area is 105 Å². The first kappa shape index (κ1) is 14.5. The predicted octanol–water partition coefficient (Wildman–Crippen LogP) is 3.00. The Hall–Kier alpha value is -0.570. The molecule has 3 heteroatoms. The van der Waals surface area contributed by atoms with Gasteiger partial charge in [-0.1, -0.05) is 27.2 Å². The van der Waals surface area contributed by atoms with E-state index in [-0.39, 0.29) is 0 Å². The Morgan fingerprint density at radius 1 is 1.41 bits per heavy atom. The largest absolute Gasteiger partial charge is 0.481 e. The molecule has 1 rings (SSSR count). The van der Waals surface area contributed by atoms with E-state index in [4.69, 9.17) is 0 Å². The summed E-state index contributed by atoms with van der Waals surface area (Å²) in [4.78, 5) is 13.9. The average molecular weight is 241 g/mol. The number of rotatable bonds is 5. The minimum absolute atomic E-state index is 0.491. The first-order valence-corrected chi connectivity index (χ1v) is 6.94. The standard InChI is InChI=1S/C14H27NO2/c1-5-11(3)12(4)15-9-7-8-14(6-2,10-15)13(16)17/h11-12H,5-10H2,1-4H3,(H,16,17). The molecule has 1 fully saturated rings. The van der Waals surface area contributed by atoms with Crippen LogP contribution < -0.4 is 0 Å². The summed E-state index contributed by atoms with van der Waals surface area (Å²) in [5.41, 5.74) is -0.500. The van der Waals surface area contributed by atoms with E-state index < -0.39 is 11.4 Å². The molecule has 3 nitrogen and oxygen atoms in total. The van der Waals surface area contributed by atoms with Crippen LogP contribution in [-0.4, -0.2) is 35.1 Å². The van der Waals surface area contributed by atoms with Gasteiger partial charge in [0.1, 0.15) is 0 Å². The van der Waals surface area contributed by atoms with Crippen LogP contribution in [0.25, 0.3) is 0 Å². The maximum atomic E-state index is 11.5. The summed E-state index contributed by atoms with van der Waals surface area (Å²) in [6.07, 6.45) is 3.75. The van der Waals surface area contributed by atoms with Crippen molar-refractivity contribution in [1.29, 1.82) is 0 Å². The summed E-state index contributed by atoms with van der Waals surface area (Å²) in [5, 5.41) is 9.46. The number of carboxylic acid groups (broad SMARTS) is 1. The first-order valence-electron chi connectivity index (χ1n) is 6.94. The molecule has 1 aliphatic heterocycles. The van der Waals surface area contributed by atoms with E-state index in [1.807, 2.05) is 6.92 Å². The van der Waals surface area contributed by atoms with Crippen molar-refractivity contribution in [2.45, 2.75) is 59.4 Å². The van der Waals surface area contributed by atoms with Crippen molar-refractivity contribution in [1.82, 2.24) is 4.90 Å². The van der Waals surface area contributed by atoms with E-state index in [0.29, 0.717) is 12.0 Å². The van der Waals surface area contributed by atoms with Crippen molar-refractivity contribution < 1.29 is 9.90 Å². The summed E-state index contributed by atoms with van der Waals surface area (Å²) in [5.74, 6) is 0.0255. The molecule has 0 bridgehead atoms. The molecule has 0 aliphatic carbocycles. The number of nitrogens with zero attached hydrogens (tertiary/aromatic N) is 1. The average Bonchev–Trinajstić information content (AvgIpc) is 2.36. The van der Waals surface area contributed by atoms with E-state index in [9.17, 15) is 9.90 Å². The highest BCUT2D eigenvalue weighted by Crippen LogP contribution is 2.35. The number of likely N-dealkylation sites (tertiary alicyclic amines) is 1. The molecule has 0 aromatic carbocycles. The Balaban J connectivity index is 2.74. The monoisotopic (exact) mass is 241 g/mol. The SMILES string of the molecule is CCC(C)C(C)N1CCCC(CC)(C(=O)O)C1. The van der Waals surface area contributed by atoms with E-state index in [0.717, 1.165) is 38.8 Å². The van der Waals surface area contributed by atoms with Crippen LogP contribution in [0, 0.1) is 11.3 Å². The molecule has 0 saturated carbocycles. The lowest BCUT2D eigenvalue weighted by Gasteiger charge is -2.43. The van der Waals surface area contributed by atoms with E-state index in [2.05, 4.69) is 25.7 Å². The van der Waals surface area contributed by atoms with Crippen molar-refractivity contribution in [3.63, 3.8) is 0 Å². The molecule has 0 amide bonds. The van der Waals surface area contributed by atoms with E-state index in [1.54, 1.807) is 0 Å². The summed E-state index contributed by atoms with van der Waals surface area (Å²) in [7, 11) is 0. The Morgan fingerprint density at radius 2 is 2.06 bits per heavy atom. The third-order valence-electron chi connectivity index (χ3n) is 4.78. The van der Waals surface area contributed by atoms with Gasteiger partial charge in [-0.25, -0.2) is 0 Å². The summed E-state index contributed by atoms with van der Waals surface area (Å²) in [6, 6.07) is 0.491. The fraction of sp³-hybridized carbons (Fsp3) is 0.929. The van der Waals surface area contributed by atoms with Crippen LogP contribution in [0.2, 0.25) is 0 Å². The third-order valence-corrected chi connectivity index (χ3v) is 4.78. The van der Waals surface area contributed by atoms with Gasteiger partial charge in [0.05, 0.1) is 5.41 Å². The molecule has 3 unspecified atom stereocenters. The fourth-order valence-electron chi connectivity index (χ4n) is 2.83.